The molecular weight excluding hydrogens is 385 g/mol. The van der Waals surface area contributed by atoms with Crippen LogP contribution >= 0.6 is 0 Å². The van der Waals surface area contributed by atoms with Crippen molar-refractivity contribution in [2.75, 3.05) is 39.8 Å². The summed E-state index contributed by atoms with van der Waals surface area (Å²) in [5, 5.41) is 2.98. The van der Waals surface area contributed by atoms with Crippen LogP contribution in [-0.2, 0) is 11.2 Å². The van der Waals surface area contributed by atoms with Crippen molar-refractivity contribution in [3.05, 3.63) is 65.5 Å². The zero-order valence-electron chi connectivity index (χ0n) is 17.4. The van der Waals surface area contributed by atoms with Gasteiger partial charge >= 0.3 is 0 Å². The zero-order chi connectivity index (χ0) is 21.5. The third-order valence-corrected chi connectivity index (χ3v) is 5.50. The van der Waals surface area contributed by atoms with Gasteiger partial charge in [0, 0.05) is 32.7 Å². The lowest BCUT2D eigenvalue weighted by molar-refractivity contribution is -0.126. The monoisotopic (exact) mass is 413 g/mol. The predicted molar refractivity (Wildman–Crippen MR) is 113 cm³/mol. The largest absolute Gasteiger partial charge is 0.497 e. The van der Waals surface area contributed by atoms with Crippen LogP contribution in [-0.4, -0.2) is 67.5 Å². The van der Waals surface area contributed by atoms with E-state index in [9.17, 15) is 14.0 Å². The molecule has 0 radical (unpaired) electrons. The summed E-state index contributed by atoms with van der Waals surface area (Å²) in [7, 11) is 1.63. The molecule has 1 atom stereocenters. The number of rotatable bonds is 7. The van der Waals surface area contributed by atoms with Crippen LogP contribution in [0, 0.1) is 5.82 Å². The van der Waals surface area contributed by atoms with Gasteiger partial charge < -0.3 is 15.0 Å². The zero-order valence-corrected chi connectivity index (χ0v) is 17.4. The lowest BCUT2D eigenvalue weighted by Gasteiger charge is -2.37. The first kappa shape index (κ1) is 21.8. The van der Waals surface area contributed by atoms with Gasteiger partial charge in [0.2, 0.25) is 5.91 Å². The molecule has 1 N–H and O–H groups in total. The Morgan fingerprint density at radius 2 is 1.73 bits per heavy atom. The fourth-order valence-corrected chi connectivity index (χ4v) is 3.55. The quantitative estimate of drug-likeness (QED) is 0.757. The molecular formula is C23H28FN3O3. The van der Waals surface area contributed by atoms with E-state index in [4.69, 9.17) is 4.74 Å². The molecule has 6 nitrogen and oxygen atoms in total. The number of halogens is 1. The second-order valence-corrected chi connectivity index (χ2v) is 7.37. The average molecular weight is 413 g/mol. The van der Waals surface area contributed by atoms with E-state index >= 15 is 0 Å². The van der Waals surface area contributed by atoms with Crippen molar-refractivity contribution in [2.45, 2.75) is 19.4 Å². The molecule has 3 rings (SSSR count). The van der Waals surface area contributed by atoms with Crippen molar-refractivity contribution in [3.63, 3.8) is 0 Å². The van der Waals surface area contributed by atoms with Gasteiger partial charge in [-0.3, -0.25) is 14.5 Å². The number of hydrogen-bond donors (Lipinski definition) is 1. The molecule has 0 spiro atoms. The molecule has 1 aliphatic heterocycles. The Morgan fingerprint density at radius 3 is 2.37 bits per heavy atom. The average Bonchev–Trinajstić information content (AvgIpc) is 2.79. The highest BCUT2D eigenvalue weighted by molar-refractivity contribution is 5.94. The summed E-state index contributed by atoms with van der Waals surface area (Å²) < 4.78 is 19.0. The Kier molecular flexibility index (Phi) is 7.41. The molecule has 1 saturated heterocycles. The van der Waals surface area contributed by atoms with Gasteiger partial charge in [0.1, 0.15) is 11.6 Å². The minimum Gasteiger partial charge on any atom is -0.497 e. The van der Waals surface area contributed by atoms with Crippen LogP contribution < -0.4 is 10.1 Å². The number of benzene rings is 2. The first-order valence-corrected chi connectivity index (χ1v) is 10.2. The maximum atomic E-state index is 13.9. The van der Waals surface area contributed by atoms with Crippen molar-refractivity contribution in [1.29, 1.82) is 0 Å². The van der Waals surface area contributed by atoms with Crippen LogP contribution in [0.5, 0.6) is 5.75 Å². The minimum atomic E-state index is -0.505. The third-order valence-electron chi connectivity index (χ3n) is 5.50. The Balaban J connectivity index is 1.43. The summed E-state index contributed by atoms with van der Waals surface area (Å²) >= 11 is 0. The molecule has 7 heteroatoms. The third kappa shape index (κ3) is 5.36. The van der Waals surface area contributed by atoms with E-state index in [1.54, 1.807) is 24.1 Å². The summed E-state index contributed by atoms with van der Waals surface area (Å²) in [6.07, 6.45) is 0.743. The number of nitrogens with one attached hydrogen (secondary N) is 1. The van der Waals surface area contributed by atoms with Crippen LogP contribution in [0.25, 0.3) is 0 Å². The summed E-state index contributed by atoms with van der Waals surface area (Å²) in [4.78, 5) is 28.7. The van der Waals surface area contributed by atoms with Crippen LogP contribution in [0.3, 0.4) is 0 Å². The van der Waals surface area contributed by atoms with E-state index in [0.29, 0.717) is 32.7 Å². The number of hydrogen-bond acceptors (Lipinski definition) is 4. The number of piperazine rings is 1. The fraction of sp³-hybridized carbons (Fsp3) is 0.391. The molecule has 0 unspecified atom stereocenters. The van der Waals surface area contributed by atoms with Gasteiger partial charge in [0.15, 0.2) is 0 Å². The van der Waals surface area contributed by atoms with Crippen molar-refractivity contribution < 1.29 is 18.7 Å². The molecule has 2 aromatic rings. The maximum absolute atomic E-state index is 13.9. The number of methoxy groups -OCH3 is 1. The highest BCUT2D eigenvalue weighted by atomic mass is 19.1. The number of carbonyl (C=O) groups excluding carboxylic acids is 2. The molecule has 2 amide bonds. The van der Waals surface area contributed by atoms with E-state index in [1.165, 1.54) is 12.1 Å². The maximum Gasteiger partial charge on any atom is 0.256 e. The second kappa shape index (κ2) is 10.2. The van der Waals surface area contributed by atoms with Gasteiger partial charge in [-0.2, -0.15) is 0 Å². The van der Waals surface area contributed by atoms with Gasteiger partial charge in [-0.05, 0) is 43.2 Å². The molecule has 1 aliphatic rings. The number of carbonyl (C=O) groups is 2. The van der Waals surface area contributed by atoms with Crippen molar-refractivity contribution in [3.8, 4) is 5.75 Å². The first-order valence-electron chi connectivity index (χ1n) is 10.2. The lowest BCUT2D eigenvalue weighted by Crippen LogP contribution is -2.55. The van der Waals surface area contributed by atoms with Gasteiger partial charge in [-0.1, -0.05) is 24.3 Å². The highest BCUT2D eigenvalue weighted by Gasteiger charge is 2.28. The van der Waals surface area contributed by atoms with Gasteiger partial charge in [0.05, 0.1) is 18.7 Å². The summed E-state index contributed by atoms with van der Waals surface area (Å²) in [6, 6.07) is 13.5. The van der Waals surface area contributed by atoms with Crippen LogP contribution in [0.1, 0.15) is 22.8 Å². The van der Waals surface area contributed by atoms with E-state index in [1.807, 2.05) is 36.1 Å². The summed E-state index contributed by atoms with van der Waals surface area (Å²) in [6.45, 7) is 4.52. The van der Waals surface area contributed by atoms with Crippen LogP contribution in [0.4, 0.5) is 4.39 Å². The molecule has 0 aromatic heterocycles. The van der Waals surface area contributed by atoms with Gasteiger partial charge in [0.25, 0.3) is 5.91 Å². The second-order valence-electron chi connectivity index (χ2n) is 7.37. The molecule has 0 aliphatic carbocycles. The highest BCUT2D eigenvalue weighted by Crippen LogP contribution is 2.14. The van der Waals surface area contributed by atoms with Crippen molar-refractivity contribution in [2.24, 2.45) is 0 Å². The molecule has 30 heavy (non-hydrogen) atoms. The standard InChI is InChI=1S/C23H28FN3O3/c1-17(22(28)25-12-11-18-7-9-19(30-2)10-8-18)26-13-15-27(16-14-26)23(29)20-5-3-4-6-21(20)24/h3-10,17H,11-16H2,1-2H3,(H,25,28)/t17-/m1/s1. The van der Waals surface area contributed by atoms with E-state index in [0.717, 1.165) is 17.7 Å². The smallest absolute Gasteiger partial charge is 0.256 e. The predicted octanol–water partition coefficient (Wildman–Crippen LogP) is 2.34. The van der Waals surface area contributed by atoms with Crippen LogP contribution in [0.15, 0.2) is 48.5 Å². The van der Waals surface area contributed by atoms with Gasteiger partial charge in [-0.15, -0.1) is 0 Å². The van der Waals surface area contributed by atoms with Crippen molar-refractivity contribution >= 4 is 11.8 Å². The Bertz CT molecular complexity index is 864. The first-order chi connectivity index (χ1) is 14.5. The SMILES string of the molecule is COc1ccc(CCNC(=O)[C@@H](C)N2CCN(C(=O)c3ccccc3F)CC2)cc1. The van der Waals surface area contributed by atoms with E-state index < -0.39 is 5.82 Å². The molecule has 1 fully saturated rings. The lowest BCUT2D eigenvalue weighted by atomic mass is 10.1. The molecule has 2 aromatic carbocycles. The molecule has 0 bridgehead atoms. The summed E-state index contributed by atoms with van der Waals surface area (Å²) in [5.74, 6) is -0.0275. The van der Waals surface area contributed by atoms with Crippen molar-refractivity contribution in [1.82, 2.24) is 15.1 Å². The molecule has 0 saturated carbocycles. The Hall–Kier alpha value is -2.93. The fourth-order valence-electron chi connectivity index (χ4n) is 3.55. The number of nitrogens with zero attached hydrogens (tertiary/aromatic N) is 2. The van der Waals surface area contributed by atoms with Gasteiger partial charge in [-0.25, -0.2) is 4.39 Å². The number of amides is 2. The molecule has 160 valence electrons. The Morgan fingerprint density at radius 1 is 1.07 bits per heavy atom. The Labute approximate surface area is 176 Å². The van der Waals surface area contributed by atoms with E-state index in [2.05, 4.69) is 5.32 Å². The normalized spacial score (nSPS) is 15.5. The van der Waals surface area contributed by atoms with Crippen LogP contribution in [0.2, 0.25) is 0 Å². The number of ether oxygens (including phenoxy) is 1. The topological polar surface area (TPSA) is 61.9 Å². The molecule has 1 heterocycles. The summed E-state index contributed by atoms with van der Waals surface area (Å²) in [5.41, 5.74) is 1.22. The minimum absolute atomic E-state index is 0.0302. The van der Waals surface area contributed by atoms with E-state index in [-0.39, 0.29) is 23.4 Å².